The van der Waals surface area contributed by atoms with Crippen LogP contribution < -0.4 is 5.56 Å². The number of benzene rings is 1. The van der Waals surface area contributed by atoms with E-state index in [-0.39, 0.29) is 5.56 Å². The Morgan fingerprint density at radius 2 is 1.70 bits per heavy atom. The summed E-state index contributed by atoms with van der Waals surface area (Å²) in [5.41, 5.74) is 2.45. The molecule has 0 amide bonds. The summed E-state index contributed by atoms with van der Waals surface area (Å²) >= 11 is 12.0. The summed E-state index contributed by atoms with van der Waals surface area (Å²) in [5.74, 6) is 0.542. The summed E-state index contributed by atoms with van der Waals surface area (Å²) in [5, 5.41) is 1.06. The topological polar surface area (TPSA) is 45.8 Å². The van der Waals surface area contributed by atoms with E-state index in [1.165, 1.54) is 0 Å². The zero-order valence-electron chi connectivity index (χ0n) is 10.9. The quantitative estimate of drug-likeness (QED) is 0.809. The molecule has 1 heterocycles. The molecule has 0 bridgehead atoms. The molecule has 1 aromatic heterocycles. The van der Waals surface area contributed by atoms with Crippen LogP contribution in [0.1, 0.15) is 30.5 Å². The lowest BCUT2D eigenvalue weighted by atomic mass is 10.1. The van der Waals surface area contributed by atoms with E-state index in [0.29, 0.717) is 15.9 Å². The van der Waals surface area contributed by atoms with Crippen LogP contribution in [0.5, 0.6) is 0 Å². The minimum Gasteiger partial charge on any atom is -0.306 e. The molecule has 104 valence electrons. The number of aryl methyl sites for hydroxylation is 1. The molecular formula is C15H14Cl2N2O. The van der Waals surface area contributed by atoms with Crippen molar-refractivity contribution in [1.82, 2.24) is 9.97 Å². The van der Waals surface area contributed by atoms with Crippen LogP contribution in [0.4, 0.5) is 0 Å². The van der Waals surface area contributed by atoms with Gasteiger partial charge in [-0.15, -0.1) is 0 Å². The number of aromatic amines is 1. The second-order valence-electron chi connectivity index (χ2n) is 5.06. The van der Waals surface area contributed by atoms with Crippen LogP contribution in [-0.2, 0) is 12.8 Å². The molecule has 0 saturated heterocycles. The third-order valence-electron chi connectivity index (χ3n) is 3.58. The van der Waals surface area contributed by atoms with Crippen molar-refractivity contribution < 1.29 is 0 Å². The molecule has 1 aromatic carbocycles. The summed E-state index contributed by atoms with van der Waals surface area (Å²) in [7, 11) is 0. The Balaban J connectivity index is 2.13. The molecule has 1 aliphatic rings. The highest BCUT2D eigenvalue weighted by Gasteiger charge is 2.15. The molecule has 0 spiro atoms. The number of hydrogen-bond acceptors (Lipinski definition) is 2. The monoisotopic (exact) mass is 308 g/mol. The van der Waals surface area contributed by atoms with Crippen molar-refractivity contribution in [2.24, 2.45) is 0 Å². The average molecular weight is 309 g/mol. The van der Waals surface area contributed by atoms with Gasteiger partial charge in [0.2, 0.25) is 0 Å². The summed E-state index contributed by atoms with van der Waals surface area (Å²) in [4.78, 5) is 19.7. The first-order valence-corrected chi connectivity index (χ1v) is 7.47. The first kappa shape index (κ1) is 13.7. The van der Waals surface area contributed by atoms with E-state index in [9.17, 15) is 4.79 Å². The molecule has 0 aliphatic heterocycles. The van der Waals surface area contributed by atoms with Gasteiger partial charge in [0.05, 0.1) is 5.69 Å². The standard InChI is InChI=1S/C15H14Cl2N2O/c16-10-6-9(7-11(17)8-10)14-18-13-5-3-1-2-4-12(13)15(20)19-14/h6-8H,1-5H2,(H,18,19,20). The van der Waals surface area contributed by atoms with Crippen molar-refractivity contribution in [3.63, 3.8) is 0 Å². The fraction of sp³-hybridized carbons (Fsp3) is 0.333. The van der Waals surface area contributed by atoms with Crippen molar-refractivity contribution in [2.45, 2.75) is 32.1 Å². The Hall–Kier alpha value is -1.32. The lowest BCUT2D eigenvalue weighted by molar-refractivity contribution is 0.708. The molecule has 0 atom stereocenters. The molecule has 20 heavy (non-hydrogen) atoms. The Kier molecular flexibility index (Phi) is 3.81. The smallest absolute Gasteiger partial charge is 0.254 e. The molecule has 0 unspecified atom stereocenters. The van der Waals surface area contributed by atoms with Crippen LogP contribution in [0.25, 0.3) is 11.4 Å². The van der Waals surface area contributed by atoms with Gasteiger partial charge in [-0.2, -0.15) is 0 Å². The lowest BCUT2D eigenvalue weighted by Gasteiger charge is -2.08. The zero-order valence-corrected chi connectivity index (χ0v) is 12.4. The van der Waals surface area contributed by atoms with Gasteiger partial charge < -0.3 is 4.98 Å². The molecule has 1 aliphatic carbocycles. The first-order chi connectivity index (χ1) is 9.63. The maximum Gasteiger partial charge on any atom is 0.254 e. The molecule has 0 radical (unpaired) electrons. The minimum atomic E-state index is -0.0389. The Morgan fingerprint density at radius 1 is 1.00 bits per heavy atom. The van der Waals surface area contributed by atoms with Crippen LogP contribution in [0.15, 0.2) is 23.0 Å². The Labute approximate surface area is 127 Å². The van der Waals surface area contributed by atoms with Gasteiger partial charge in [-0.25, -0.2) is 4.98 Å². The van der Waals surface area contributed by atoms with E-state index in [4.69, 9.17) is 23.2 Å². The fourth-order valence-electron chi connectivity index (χ4n) is 2.61. The summed E-state index contributed by atoms with van der Waals surface area (Å²) in [6.07, 6.45) is 4.96. The maximum atomic E-state index is 12.2. The van der Waals surface area contributed by atoms with Crippen LogP contribution in [0, 0.1) is 0 Å². The fourth-order valence-corrected chi connectivity index (χ4v) is 3.13. The zero-order chi connectivity index (χ0) is 14.1. The van der Waals surface area contributed by atoms with Gasteiger partial charge in [-0.1, -0.05) is 29.6 Å². The minimum absolute atomic E-state index is 0.0389. The van der Waals surface area contributed by atoms with Gasteiger partial charge in [-0.3, -0.25) is 4.79 Å². The van der Waals surface area contributed by atoms with E-state index in [0.717, 1.165) is 48.9 Å². The van der Waals surface area contributed by atoms with Gasteiger partial charge in [0.1, 0.15) is 5.82 Å². The molecule has 2 aromatic rings. The molecule has 0 fully saturated rings. The highest BCUT2D eigenvalue weighted by Crippen LogP contribution is 2.25. The second kappa shape index (κ2) is 5.58. The number of H-pyrrole nitrogens is 1. The average Bonchev–Trinajstić information content (AvgIpc) is 2.63. The van der Waals surface area contributed by atoms with Gasteiger partial charge in [-0.05, 0) is 43.9 Å². The van der Waals surface area contributed by atoms with Gasteiger partial charge in [0, 0.05) is 21.2 Å². The van der Waals surface area contributed by atoms with E-state index < -0.39 is 0 Å². The van der Waals surface area contributed by atoms with E-state index in [2.05, 4.69) is 9.97 Å². The van der Waals surface area contributed by atoms with Crippen LogP contribution in [0.2, 0.25) is 10.0 Å². The van der Waals surface area contributed by atoms with Crippen molar-refractivity contribution in [3.8, 4) is 11.4 Å². The molecule has 3 nitrogen and oxygen atoms in total. The van der Waals surface area contributed by atoms with Gasteiger partial charge >= 0.3 is 0 Å². The predicted molar refractivity (Wildman–Crippen MR) is 81.6 cm³/mol. The molecule has 1 N–H and O–H groups in total. The normalized spacial score (nSPS) is 14.7. The van der Waals surface area contributed by atoms with Crippen LogP contribution in [0.3, 0.4) is 0 Å². The van der Waals surface area contributed by atoms with E-state index in [1.807, 2.05) is 0 Å². The van der Waals surface area contributed by atoms with Gasteiger partial charge in [0.25, 0.3) is 5.56 Å². The summed E-state index contributed by atoms with van der Waals surface area (Å²) < 4.78 is 0. The van der Waals surface area contributed by atoms with Crippen molar-refractivity contribution in [3.05, 3.63) is 49.9 Å². The van der Waals surface area contributed by atoms with Crippen LogP contribution in [-0.4, -0.2) is 9.97 Å². The second-order valence-corrected chi connectivity index (χ2v) is 5.93. The number of rotatable bonds is 1. The van der Waals surface area contributed by atoms with Crippen molar-refractivity contribution in [2.75, 3.05) is 0 Å². The number of aromatic nitrogens is 2. The highest BCUT2D eigenvalue weighted by molar-refractivity contribution is 6.35. The first-order valence-electron chi connectivity index (χ1n) is 6.72. The number of halogens is 2. The van der Waals surface area contributed by atoms with E-state index in [1.54, 1.807) is 18.2 Å². The summed E-state index contributed by atoms with van der Waals surface area (Å²) in [6, 6.07) is 5.18. The molecule has 5 heteroatoms. The number of nitrogens with one attached hydrogen (secondary N) is 1. The van der Waals surface area contributed by atoms with Crippen LogP contribution >= 0.6 is 23.2 Å². The summed E-state index contributed by atoms with van der Waals surface area (Å²) in [6.45, 7) is 0. The largest absolute Gasteiger partial charge is 0.306 e. The SMILES string of the molecule is O=c1[nH]c(-c2cc(Cl)cc(Cl)c2)nc2c1CCCCC2. The lowest BCUT2D eigenvalue weighted by Crippen LogP contribution is -2.18. The van der Waals surface area contributed by atoms with Crippen molar-refractivity contribution >= 4 is 23.2 Å². The predicted octanol–water partition coefficient (Wildman–Crippen LogP) is 4.01. The number of fused-ring (bicyclic) bond motifs is 1. The maximum absolute atomic E-state index is 12.2. The third-order valence-corrected chi connectivity index (χ3v) is 4.01. The Morgan fingerprint density at radius 3 is 2.45 bits per heavy atom. The number of hydrogen-bond donors (Lipinski definition) is 1. The Bertz CT molecular complexity index is 689. The van der Waals surface area contributed by atoms with Gasteiger partial charge in [0.15, 0.2) is 0 Å². The molecule has 3 rings (SSSR count). The molecule has 0 saturated carbocycles. The third kappa shape index (κ3) is 2.74. The van der Waals surface area contributed by atoms with Crippen molar-refractivity contribution in [1.29, 1.82) is 0 Å². The molecular weight excluding hydrogens is 295 g/mol. The number of nitrogens with zero attached hydrogens (tertiary/aromatic N) is 1. The highest BCUT2D eigenvalue weighted by atomic mass is 35.5. The van der Waals surface area contributed by atoms with E-state index >= 15 is 0 Å².